The van der Waals surface area contributed by atoms with E-state index in [4.69, 9.17) is 4.74 Å². The van der Waals surface area contributed by atoms with E-state index in [1.54, 1.807) is 0 Å². The zero-order valence-electron chi connectivity index (χ0n) is 11.1. The van der Waals surface area contributed by atoms with Gasteiger partial charge in [-0.3, -0.25) is 4.90 Å². The number of ether oxygens (including phenoxy) is 1. The van der Waals surface area contributed by atoms with Crippen molar-refractivity contribution >= 4 is 10.8 Å². The summed E-state index contributed by atoms with van der Waals surface area (Å²) >= 11 is 0. The molecular weight excluding hydrogens is 236 g/mol. The predicted octanol–water partition coefficient (Wildman–Crippen LogP) is 2.12. The van der Waals surface area contributed by atoms with Gasteiger partial charge in [0.1, 0.15) is 12.4 Å². The van der Waals surface area contributed by atoms with E-state index >= 15 is 0 Å². The SMILES string of the molecule is c1ccc2cc(OCCN3CCNCC3)ccc2c1. The molecule has 3 heteroatoms. The number of piperazine rings is 1. The molecule has 0 spiro atoms. The number of rotatable bonds is 4. The van der Waals surface area contributed by atoms with E-state index in [-0.39, 0.29) is 0 Å². The highest BCUT2D eigenvalue weighted by Gasteiger charge is 2.08. The average Bonchev–Trinajstić information content (AvgIpc) is 2.48. The van der Waals surface area contributed by atoms with Gasteiger partial charge in [-0.2, -0.15) is 0 Å². The van der Waals surface area contributed by atoms with Crippen LogP contribution in [0.1, 0.15) is 0 Å². The van der Waals surface area contributed by atoms with Crippen molar-refractivity contribution < 1.29 is 4.74 Å². The third-order valence-corrected chi connectivity index (χ3v) is 3.61. The first-order chi connectivity index (χ1) is 9.42. The Morgan fingerprint density at radius 2 is 1.79 bits per heavy atom. The van der Waals surface area contributed by atoms with Crippen molar-refractivity contribution in [2.75, 3.05) is 39.3 Å². The summed E-state index contributed by atoms with van der Waals surface area (Å²) in [4.78, 5) is 2.44. The molecule has 0 aliphatic carbocycles. The molecule has 0 bridgehead atoms. The van der Waals surface area contributed by atoms with Gasteiger partial charge in [0.25, 0.3) is 0 Å². The maximum atomic E-state index is 5.85. The first-order valence-electron chi connectivity index (χ1n) is 6.96. The first-order valence-corrected chi connectivity index (χ1v) is 6.96. The van der Waals surface area contributed by atoms with E-state index in [2.05, 4.69) is 52.7 Å². The molecule has 3 rings (SSSR count). The van der Waals surface area contributed by atoms with Gasteiger partial charge in [-0.15, -0.1) is 0 Å². The highest BCUT2D eigenvalue weighted by atomic mass is 16.5. The van der Waals surface area contributed by atoms with E-state index in [0.29, 0.717) is 0 Å². The predicted molar refractivity (Wildman–Crippen MR) is 78.8 cm³/mol. The maximum absolute atomic E-state index is 5.85. The van der Waals surface area contributed by atoms with E-state index in [1.807, 2.05) is 0 Å². The zero-order valence-corrected chi connectivity index (χ0v) is 11.1. The van der Waals surface area contributed by atoms with Crippen LogP contribution in [0.2, 0.25) is 0 Å². The number of nitrogens with zero attached hydrogens (tertiary/aromatic N) is 1. The van der Waals surface area contributed by atoms with Crippen LogP contribution in [0.3, 0.4) is 0 Å². The van der Waals surface area contributed by atoms with Crippen LogP contribution in [0.15, 0.2) is 42.5 Å². The largest absolute Gasteiger partial charge is 0.492 e. The van der Waals surface area contributed by atoms with Crippen LogP contribution in [0, 0.1) is 0 Å². The number of fused-ring (bicyclic) bond motifs is 1. The molecule has 1 aliphatic heterocycles. The Bertz CT molecular complexity index is 535. The molecule has 0 saturated carbocycles. The summed E-state index contributed by atoms with van der Waals surface area (Å²) in [6.45, 7) is 6.21. The topological polar surface area (TPSA) is 24.5 Å². The second-order valence-electron chi connectivity index (χ2n) is 4.95. The molecule has 0 atom stereocenters. The van der Waals surface area contributed by atoms with Crippen molar-refractivity contribution in [2.24, 2.45) is 0 Å². The minimum absolute atomic E-state index is 0.762. The van der Waals surface area contributed by atoms with Gasteiger partial charge < -0.3 is 10.1 Å². The molecule has 1 fully saturated rings. The van der Waals surface area contributed by atoms with E-state index in [9.17, 15) is 0 Å². The van der Waals surface area contributed by atoms with Crippen molar-refractivity contribution in [3.63, 3.8) is 0 Å². The maximum Gasteiger partial charge on any atom is 0.120 e. The van der Waals surface area contributed by atoms with Crippen LogP contribution in [0.4, 0.5) is 0 Å². The average molecular weight is 256 g/mol. The van der Waals surface area contributed by atoms with Crippen LogP contribution in [0.25, 0.3) is 10.8 Å². The third-order valence-electron chi connectivity index (χ3n) is 3.61. The molecule has 2 aromatic carbocycles. The minimum Gasteiger partial charge on any atom is -0.492 e. The van der Waals surface area contributed by atoms with Gasteiger partial charge in [-0.25, -0.2) is 0 Å². The third kappa shape index (κ3) is 3.25. The Labute approximate surface area is 114 Å². The Morgan fingerprint density at radius 1 is 1.00 bits per heavy atom. The molecule has 1 aliphatic rings. The monoisotopic (exact) mass is 256 g/mol. The van der Waals surface area contributed by atoms with Gasteiger partial charge >= 0.3 is 0 Å². The fourth-order valence-corrected chi connectivity index (χ4v) is 2.48. The lowest BCUT2D eigenvalue weighted by Gasteiger charge is -2.26. The zero-order chi connectivity index (χ0) is 12.9. The summed E-state index contributed by atoms with van der Waals surface area (Å²) in [5, 5.41) is 5.86. The highest BCUT2D eigenvalue weighted by molar-refractivity contribution is 5.83. The van der Waals surface area contributed by atoms with Crippen LogP contribution in [-0.2, 0) is 0 Å². The molecule has 0 unspecified atom stereocenters. The highest BCUT2D eigenvalue weighted by Crippen LogP contribution is 2.20. The summed E-state index contributed by atoms with van der Waals surface area (Å²) in [7, 11) is 0. The van der Waals surface area contributed by atoms with E-state index in [0.717, 1.165) is 45.1 Å². The molecule has 1 N–H and O–H groups in total. The number of hydrogen-bond acceptors (Lipinski definition) is 3. The molecule has 0 amide bonds. The van der Waals surface area contributed by atoms with E-state index < -0.39 is 0 Å². The second kappa shape index (κ2) is 6.04. The Kier molecular flexibility index (Phi) is 3.96. The summed E-state index contributed by atoms with van der Waals surface area (Å²) in [6.07, 6.45) is 0. The molecular formula is C16H20N2O. The van der Waals surface area contributed by atoms with Crippen LogP contribution >= 0.6 is 0 Å². The minimum atomic E-state index is 0.762. The van der Waals surface area contributed by atoms with Crippen LogP contribution in [-0.4, -0.2) is 44.2 Å². The van der Waals surface area contributed by atoms with E-state index in [1.165, 1.54) is 10.8 Å². The molecule has 100 valence electrons. The summed E-state index contributed by atoms with van der Waals surface area (Å²) in [5.41, 5.74) is 0. The number of hydrogen-bond donors (Lipinski definition) is 1. The quantitative estimate of drug-likeness (QED) is 0.907. The van der Waals surface area contributed by atoms with Crippen molar-refractivity contribution in [1.82, 2.24) is 10.2 Å². The Balaban J connectivity index is 1.56. The van der Waals surface area contributed by atoms with Crippen LogP contribution in [0.5, 0.6) is 5.75 Å². The standard InChI is InChI=1S/C16H20N2O/c1-2-4-15-13-16(6-5-14(15)3-1)19-12-11-18-9-7-17-8-10-18/h1-6,13,17H,7-12H2. The number of benzene rings is 2. The lowest BCUT2D eigenvalue weighted by atomic mass is 10.1. The Morgan fingerprint density at radius 3 is 2.63 bits per heavy atom. The van der Waals surface area contributed by atoms with Crippen LogP contribution < -0.4 is 10.1 Å². The lowest BCUT2D eigenvalue weighted by molar-refractivity contribution is 0.191. The van der Waals surface area contributed by atoms with Crippen molar-refractivity contribution in [3.8, 4) is 5.75 Å². The van der Waals surface area contributed by atoms with Crippen molar-refractivity contribution in [3.05, 3.63) is 42.5 Å². The molecule has 3 nitrogen and oxygen atoms in total. The summed E-state index contributed by atoms with van der Waals surface area (Å²) in [6, 6.07) is 14.7. The molecule has 0 aromatic heterocycles. The fourth-order valence-electron chi connectivity index (χ4n) is 2.48. The summed E-state index contributed by atoms with van der Waals surface area (Å²) in [5.74, 6) is 0.967. The first kappa shape index (κ1) is 12.5. The molecule has 1 heterocycles. The lowest BCUT2D eigenvalue weighted by Crippen LogP contribution is -2.44. The summed E-state index contributed by atoms with van der Waals surface area (Å²) < 4.78 is 5.85. The normalized spacial score (nSPS) is 16.6. The Hall–Kier alpha value is -1.58. The van der Waals surface area contributed by atoms with Gasteiger partial charge in [0, 0.05) is 32.7 Å². The van der Waals surface area contributed by atoms with Gasteiger partial charge in [0.05, 0.1) is 0 Å². The fraction of sp³-hybridized carbons (Fsp3) is 0.375. The van der Waals surface area contributed by atoms with Gasteiger partial charge in [-0.05, 0) is 22.9 Å². The van der Waals surface area contributed by atoms with Crippen molar-refractivity contribution in [1.29, 1.82) is 0 Å². The number of nitrogens with one attached hydrogen (secondary N) is 1. The van der Waals surface area contributed by atoms with Crippen molar-refractivity contribution in [2.45, 2.75) is 0 Å². The van der Waals surface area contributed by atoms with Gasteiger partial charge in [0.2, 0.25) is 0 Å². The van der Waals surface area contributed by atoms with Gasteiger partial charge in [-0.1, -0.05) is 30.3 Å². The van der Waals surface area contributed by atoms with Gasteiger partial charge in [0.15, 0.2) is 0 Å². The molecule has 1 saturated heterocycles. The smallest absolute Gasteiger partial charge is 0.120 e. The second-order valence-corrected chi connectivity index (χ2v) is 4.95. The molecule has 2 aromatic rings. The molecule has 19 heavy (non-hydrogen) atoms. The molecule has 0 radical (unpaired) electrons.